The van der Waals surface area contributed by atoms with E-state index in [0.29, 0.717) is 10.8 Å². The summed E-state index contributed by atoms with van der Waals surface area (Å²) < 4.78 is 0. The Hall–Kier alpha value is -1.33. The maximum Gasteiger partial charge on any atom is 0.267 e. The molecule has 5 heteroatoms. The van der Waals surface area contributed by atoms with Crippen LogP contribution in [0.2, 0.25) is 0 Å². The molecule has 2 rings (SSSR count). The lowest BCUT2D eigenvalue weighted by Gasteiger charge is -2.09. The summed E-state index contributed by atoms with van der Waals surface area (Å²) in [6.07, 6.45) is 0. The first kappa shape index (κ1) is 16.0. The van der Waals surface area contributed by atoms with E-state index in [2.05, 4.69) is 31.1 Å². The zero-order valence-corrected chi connectivity index (χ0v) is 14.4. The van der Waals surface area contributed by atoms with Crippen LogP contribution in [0.5, 0.6) is 0 Å². The molecule has 2 aromatic rings. The first-order valence-electron chi connectivity index (χ1n) is 7.03. The van der Waals surface area contributed by atoms with Crippen LogP contribution >= 0.6 is 23.1 Å². The van der Waals surface area contributed by atoms with Gasteiger partial charge in [0.05, 0.1) is 16.4 Å². The maximum atomic E-state index is 12.5. The van der Waals surface area contributed by atoms with Crippen molar-refractivity contribution in [3.63, 3.8) is 0 Å². The number of hydrogen-bond donors (Lipinski definition) is 1. The number of nitrogens with zero attached hydrogens (tertiary/aromatic N) is 1. The number of carbonyl (C=O) groups is 1. The number of amides is 1. The van der Waals surface area contributed by atoms with Gasteiger partial charge >= 0.3 is 0 Å². The predicted octanol–water partition coefficient (Wildman–Crippen LogP) is 4.94. The Morgan fingerprint density at radius 2 is 2.10 bits per heavy atom. The molecule has 1 amide bonds. The van der Waals surface area contributed by atoms with Crippen LogP contribution in [0.15, 0.2) is 29.2 Å². The van der Waals surface area contributed by atoms with Gasteiger partial charge in [-0.25, -0.2) is 4.98 Å². The highest BCUT2D eigenvalue weighted by molar-refractivity contribution is 7.99. The van der Waals surface area contributed by atoms with Crippen molar-refractivity contribution in [1.82, 2.24) is 4.98 Å². The molecule has 0 bridgehead atoms. The fraction of sp³-hybridized carbons (Fsp3) is 0.375. The highest BCUT2D eigenvalue weighted by Crippen LogP contribution is 2.29. The van der Waals surface area contributed by atoms with Gasteiger partial charge in [-0.2, -0.15) is 0 Å². The number of rotatable bonds is 5. The molecule has 112 valence electrons. The minimum absolute atomic E-state index is 0.0685. The first-order valence-corrected chi connectivity index (χ1v) is 8.83. The summed E-state index contributed by atoms with van der Waals surface area (Å²) in [5.74, 6) is 1.25. The number of hydrogen-bond acceptors (Lipinski definition) is 4. The van der Waals surface area contributed by atoms with E-state index in [9.17, 15) is 4.79 Å². The molecule has 0 aliphatic heterocycles. The van der Waals surface area contributed by atoms with Crippen LogP contribution in [-0.2, 0) is 0 Å². The molecule has 0 saturated heterocycles. The highest BCUT2D eigenvalue weighted by atomic mass is 32.2. The maximum absolute atomic E-state index is 12.5. The fourth-order valence-corrected chi connectivity index (χ4v) is 3.63. The summed E-state index contributed by atoms with van der Waals surface area (Å²) >= 11 is 3.21. The van der Waals surface area contributed by atoms with Crippen LogP contribution in [-0.4, -0.2) is 16.6 Å². The Bertz CT molecular complexity index is 635. The van der Waals surface area contributed by atoms with Gasteiger partial charge in [-0.05, 0) is 24.8 Å². The average Bonchev–Trinajstić information content (AvgIpc) is 2.83. The quantitative estimate of drug-likeness (QED) is 0.793. The average molecular weight is 320 g/mol. The van der Waals surface area contributed by atoms with Gasteiger partial charge in [0.15, 0.2) is 0 Å². The molecular weight excluding hydrogens is 300 g/mol. The van der Waals surface area contributed by atoms with Crippen LogP contribution in [0.1, 0.15) is 47.1 Å². The Balaban J connectivity index is 2.22. The van der Waals surface area contributed by atoms with E-state index < -0.39 is 0 Å². The lowest BCUT2D eigenvalue weighted by molar-refractivity contribution is 0.102. The topological polar surface area (TPSA) is 42.0 Å². The molecule has 1 heterocycles. The highest BCUT2D eigenvalue weighted by Gasteiger charge is 2.17. The summed E-state index contributed by atoms with van der Waals surface area (Å²) in [6.45, 7) is 8.18. The van der Waals surface area contributed by atoms with E-state index in [1.807, 2.05) is 31.2 Å². The summed E-state index contributed by atoms with van der Waals surface area (Å²) in [5.41, 5.74) is 1.68. The van der Waals surface area contributed by atoms with Gasteiger partial charge in [0.1, 0.15) is 4.88 Å². The lowest BCUT2D eigenvalue weighted by atomic mass is 10.2. The molecule has 0 atom stereocenters. The van der Waals surface area contributed by atoms with Gasteiger partial charge in [0.2, 0.25) is 0 Å². The zero-order valence-electron chi connectivity index (χ0n) is 12.8. The van der Waals surface area contributed by atoms with Crippen molar-refractivity contribution in [2.75, 3.05) is 11.1 Å². The standard InChI is InChI=1S/C16H20N2OS2/c1-5-20-13-9-7-6-8-12(13)18-15(19)14-11(4)17-16(21-14)10(2)3/h6-10H,5H2,1-4H3,(H,18,19). The SMILES string of the molecule is CCSc1ccccc1NC(=O)c1sc(C(C)C)nc1C. The van der Waals surface area contributed by atoms with Crippen LogP contribution in [0, 0.1) is 6.92 Å². The number of thioether (sulfide) groups is 1. The zero-order chi connectivity index (χ0) is 15.4. The molecule has 3 nitrogen and oxygen atoms in total. The predicted molar refractivity (Wildman–Crippen MR) is 91.7 cm³/mol. The van der Waals surface area contributed by atoms with Crippen LogP contribution in [0.4, 0.5) is 5.69 Å². The molecule has 1 aromatic carbocycles. The van der Waals surface area contributed by atoms with E-state index in [4.69, 9.17) is 0 Å². The number of anilines is 1. The molecule has 0 radical (unpaired) electrons. The molecule has 21 heavy (non-hydrogen) atoms. The third-order valence-corrected chi connectivity index (χ3v) is 5.36. The van der Waals surface area contributed by atoms with Gasteiger partial charge in [-0.1, -0.05) is 32.9 Å². The van der Waals surface area contributed by atoms with E-state index >= 15 is 0 Å². The smallest absolute Gasteiger partial charge is 0.267 e. The Labute approximate surface area is 134 Å². The molecule has 0 aliphatic carbocycles. The van der Waals surface area contributed by atoms with Gasteiger partial charge in [0, 0.05) is 10.8 Å². The molecule has 0 saturated carbocycles. The summed E-state index contributed by atoms with van der Waals surface area (Å²) in [6, 6.07) is 7.90. The van der Waals surface area contributed by atoms with Gasteiger partial charge < -0.3 is 5.32 Å². The molecule has 0 fully saturated rings. The number of aromatic nitrogens is 1. The first-order chi connectivity index (χ1) is 10.0. The number of para-hydroxylation sites is 1. The van der Waals surface area contributed by atoms with E-state index in [1.54, 1.807) is 11.8 Å². The van der Waals surface area contributed by atoms with Crippen molar-refractivity contribution in [2.45, 2.75) is 38.5 Å². The van der Waals surface area contributed by atoms with Crippen LogP contribution in [0.25, 0.3) is 0 Å². The van der Waals surface area contributed by atoms with Crippen molar-refractivity contribution < 1.29 is 4.79 Å². The second-order valence-corrected chi connectivity index (χ2v) is 7.34. The number of thiazole rings is 1. The Kier molecular flexibility index (Phi) is 5.42. The summed E-state index contributed by atoms with van der Waals surface area (Å²) in [5, 5.41) is 4.02. The van der Waals surface area contributed by atoms with E-state index in [0.717, 1.165) is 27.0 Å². The van der Waals surface area contributed by atoms with Crippen molar-refractivity contribution in [2.24, 2.45) is 0 Å². The normalized spacial score (nSPS) is 10.9. The fourth-order valence-electron chi connectivity index (χ4n) is 1.91. The summed E-state index contributed by atoms with van der Waals surface area (Å²) in [7, 11) is 0. The second-order valence-electron chi connectivity index (χ2n) is 5.00. The Morgan fingerprint density at radius 3 is 2.71 bits per heavy atom. The van der Waals surface area contributed by atoms with Gasteiger partial charge in [-0.15, -0.1) is 23.1 Å². The lowest BCUT2D eigenvalue weighted by Crippen LogP contribution is -2.12. The van der Waals surface area contributed by atoms with Crippen LogP contribution < -0.4 is 5.32 Å². The molecule has 1 aromatic heterocycles. The van der Waals surface area contributed by atoms with Gasteiger partial charge in [0.25, 0.3) is 5.91 Å². The molecule has 1 N–H and O–H groups in total. The number of aryl methyl sites for hydroxylation is 1. The Morgan fingerprint density at radius 1 is 1.38 bits per heavy atom. The third kappa shape index (κ3) is 3.86. The summed E-state index contributed by atoms with van der Waals surface area (Å²) in [4.78, 5) is 18.8. The van der Waals surface area contributed by atoms with Crippen molar-refractivity contribution >= 4 is 34.7 Å². The van der Waals surface area contributed by atoms with Crippen molar-refractivity contribution in [1.29, 1.82) is 0 Å². The van der Waals surface area contributed by atoms with Crippen LogP contribution in [0.3, 0.4) is 0 Å². The monoisotopic (exact) mass is 320 g/mol. The van der Waals surface area contributed by atoms with E-state index in [1.165, 1.54) is 11.3 Å². The largest absolute Gasteiger partial charge is 0.320 e. The molecule has 0 aliphatic rings. The molecule has 0 unspecified atom stereocenters. The van der Waals surface area contributed by atoms with Crippen molar-refractivity contribution in [3.05, 3.63) is 39.8 Å². The minimum atomic E-state index is -0.0685. The van der Waals surface area contributed by atoms with Gasteiger partial charge in [-0.3, -0.25) is 4.79 Å². The number of benzene rings is 1. The molecule has 0 spiro atoms. The number of carbonyl (C=O) groups excluding carboxylic acids is 1. The second kappa shape index (κ2) is 7.09. The minimum Gasteiger partial charge on any atom is -0.320 e. The number of nitrogens with one attached hydrogen (secondary N) is 1. The third-order valence-electron chi connectivity index (χ3n) is 2.95. The van der Waals surface area contributed by atoms with E-state index in [-0.39, 0.29) is 5.91 Å². The molecular formula is C16H20N2OS2. The van der Waals surface area contributed by atoms with Crippen molar-refractivity contribution in [3.8, 4) is 0 Å².